The van der Waals surface area contributed by atoms with Crippen LogP contribution in [0.5, 0.6) is 0 Å². The van der Waals surface area contributed by atoms with Crippen LogP contribution in [0, 0.1) is 0 Å². The maximum atomic E-state index is 11.7. The van der Waals surface area contributed by atoms with Gasteiger partial charge in [0.25, 0.3) is 0 Å². The molecule has 3 heterocycles. The Hall–Kier alpha value is -0.920. The maximum absolute atomic E-state index is 11.7. The summed E-state index contributed by atoms with van der Waals surface area (Å²) in [6.45, 7) is 2.09. The van der Waals surface area contributed by atoms with E-state index in [1.807, 2.05) is 11.9 Å². The van der Waals surface area contributed by atoms with Crippen molar-refractivity contribution in [1.29, 1.82) is 0 Å². The highest BCUT2D eigenvalue weighted by atomic mass is 35.5. The predicted octanol–water partition coefficient (Wildman–Crippen LogP) is 2.53. The van der Waals surface area contributed by atoms with Crippen molar-refractivity contribution in [1.82, 2.24) is 9.97 Å². The highest BCUT2D eigenvalue weighted by molar-refractivity contribution is 7.91. The number of aromatic nitrogens is 2. The zero-order valence-corrected chi connectivity index (χ0v) is 14.2. The quantitative estimate of drug-likeness (QED) is 0.800. The summed E-state index contributed by atoms with van der Waals surface area (Å²) >= 11 is 7.63. The van der Waals surface area contributed by atoms with E-state index in [4.69, 9.17) is 11.6 Å². The van der Waals surface area contributed by atoms with Crippen LogP contribution in [0.4, 0.5) is 5.82 Å². The first-order valence-corrected chi connectivity index (χ1v) is 9.80. The van der Waals surface area contributed by atoms with Crippen LogP contribution in [0.25, 0.3) is 10.2 Å². The minimum absolute atomic E-state index is 0.0471. The van der Waals surface area contributed by atoms with Gasteiger partial charge in [0, 0.05) is 18.0 Å². The molecule has 0 amide bonds. The van der Waals surface area contributed by atoms with E-state index in [0.717, 1.165) is 22.5 Å². The van der Waals surface area contributed by atoms with Gasteiger partial charge in [-0.3, -0.25) is 0 Å². The molecule has 1 aliphatic rings. The van der Waals surface area contributed by atoms with E-state index in [2.05, 4.69) is 23.0 Å². The Balaban J connectivity index is 2.04. The van der Waals surface area contributed by atoms with E-state index < -0.39 is 9.84 Å². The molecule has 0 spiro atoms. The van der Waals surface area contributed by atoms with E-state index in [-0.39, 0.29) is 22.8 Å². The third-order valence-corrected chi connectivity index (χ3v) is 6.93. The van der Waals surface area contributed by atoms with Crippen molar-refractivity contribution in [2.75, 3.05) is 23.5 Å². The van der Waals surface area contributed by atoms with Gasteiger partial charge in [0.2, 0.25) is 5.28 Å². The summed E-state index contributed by atoms with van der Waals surface area (Å²) in [5.74, 6) is 1.15. The Morgan fingerprint density at radius 2 is 2.24 bits per heavy atom. The molecule has 1 atom stereocenters. The molecule has 3 rings (SSSR count). The summed E-state index contributed by atoms with van der Waals surface area (Å²) in [6, 6.07) is 2.03. The Bertz CT molecular complexity index is 788. The first kappa shape index (κ1) is 15.0. The number of halogens is 1. The third-order valence-electron chi connectivity index (χ3n) is 3.84. The lowest BCUT2D eigenvalue weighted by Gasteiger charge is -2.25. The van der Waals surface area contributed by atoms with Crippen LogP contribution in [0.1, 0.15) is 18.2 Å². The molecule has 1 fully saturated rings. The average Bonchev–Trinajstić information content (AvgIpc) is 2.99. The van der Waals surface area contributed by atoms with Gasteiger partial charge >= 0.3 is 0 Å². The highest BCUT2D eigenvalue weighted by Crippen LogP contribution is 2.33. The van der Waals surface area contributed by atoms with Crippen LogP contribution in [-0.2, 0) is 16.3 Å². The van der Waals surface area contributed by atoms with Gasteiger partial charge < -0.3 is 4.90 Å². The van der Waals surface area contributed by atoms with E-state index >= 15 is 0 Å². The molecule has 2 aromatic heterocycles. The highest BCUT2D eigenvalue weighted by Gasteiger charge is 2.32. The van der Waals surface area contributed by atoms with Crippen molar-refractivity contribution in [3.8, 4) is 0 Å². The molecule has 0 radical (unpaired) electrons. The molecule has 1 unspecified atom stereocenters. The lowest BCUT2D eigenvalue weighted by Crippen LogP contribution is -2.33. The smallest absolute Gasteiger partial charge is 0.225 e. The van der Waals surface area contributed by atoms with Crippen molar-refractivity contribution >= 4 is 48.8 Å². The second-order valence-corrected chi connectivity index (χ2v) is 8.95. The number of rotatable bonds is 3. The monoisotopic (exact) mass is 345 g/mol. The molecule has 8 heteroatoms. The second-order valence-electron chi connectivity index (χ2n) is 5.27. The standard InChI is InChI=1S/C13H16ClN3O2S2/c1-3-9-6-10-11(15-13(14)16-12(10)20-9)17(2)8-4-5-21(18,19)7-8/h6,8H,3-5,7H2,1-2H3. The van der Waals surface area contributed by atoms with Crippen LogP contribution in [0.3, 0.4) is 0 Å². The summed E-state index contributed by atoms with van der Waals surface area (Å²) < 4.78 is 23.3. The number of sulfone groups is 1. The lowest BCUT2D eigenvalue weighted by molar-refractivity contribution is 0.600. The largest absolute Gasteiger partial charge is 0.355 e. The molecule has 1 aliphatic heterocycles. The fourth-order valence-electron chi connectivity index (χ4n) is 2.63. The number of aryl methyl sites for hydroxylation is 1. The normalized spacial score (nSPS) is 21.0. The van der Waals surface area contributed by atoms with Gasteiger partial charge in [-0.25, -0.2) is 13.4 Å². The van der Waals surface area contributed by atoms with Gasteiger partial charge in [-0.05, 0) is 30.5 Å². The van der Waals surface area contributed by atoms with Crippen LogP contribution >= 0.6 is 22.9 Å². The van der Waals surface area contributed by atoms with Crippen LogP contribution in [0.2, 0.25) is 5.28 Å². The first-order valence-electron chi connectivity index (χ1n) is 6.79. The summed E-state index contributed by atoms with van der Waals surface area (Å²) in [4.78, 5) is 12.6. The van der Waals surface area contributed by atoms with Crippen molar-refractivity contribution in [3.63, 3.8) is 0 Å². The molecular formula is C13H16ClN3O2S2. The topological polar surface area (TPSA) is 63.2 Å². The second kappa shape index (κ2) is 5.37. The number of thiophene rings is 1. The lowest BCUT2D eigenvalue weighted by atomic mass is 10.2. The van der Waals surface area contributed by atoms with Crippen LogP contribution in [0.15, 0.2) is 6.07 Å². The van der Waals surface area contributed by atoms with Crippen LogP contribution in [-0.4, -0.2) is 43.0 Å². The fourth-order valence-corrected chi connectivity index (χ4v) is 5.58. The predicted molar refractivity (Wildman–Crippen MR) is 87.3 cm³/mol. The molecule has 0 aromatic carbocycles. The minimum atomic E-state index is -2.93. The maximum Gasteiger partial charge on any atom is 0.225 e. The summed E-state index contributed by atoms with van der Waals surface area (Å²) in [5, 5.41) is 1.16. The van der Waals surface area contributed by atoms with E-state index in [1.165, 1.54) is 4.88 Å². The van der Waals surface area contributed by atoms with Crippen molar-refractivity contribution < 1.29 is 8.42 Å². The van der Waals surface area contributed by atoms with Gasteiger partial charge in [0.15, 0.2) is 9.84 Å². The van der Waals surface area contributed by atoms with E-state index in [0.29, 0.717) is 6.42 Å². The number of hydrogen-bond acceptors (Lipinski definition) is 6. The Morgan fingerprint density at radius 3 is 2.86 bits per heavy atom. The minimum Gasteiger partial charge on any atom is -0.355 e. The Morgan fingerprint density at radius 1 is 1.48 bits per heavy atom. The summed E-state index contributed by atoms with van der Waals surface area (Å²) in [5.41, 5.74) is 0. The molecule has 114 valence electrons. The zero-order valence-electron chi connectivity index (χ0n) is 11.8. The van der Waals surface area contributed by atoms with Gasteiger partial charge in [-0.15, -0.1) is 11.3 Å². The van der Waals surface area contributed by atoms with Gasteiger partial charge in [-0.1, -0.05) is 6.92 Å². The molecule has 21 heavy (non-hydrogen) atoms. The third kappa shape index (κ3) is 2.86. The Kier molecular flexibility index (Phi) is 3.83. The number of anilines is 1. The fraction of sp³-hybridized carbons (Fsp3) is 0.538. The molecule has 5 nitrogen and oxygen atoms in total. The van der Waals surface area contributed by atoms with E-state index in [9.17, 15) is 8.42 Å². The molecular weight excluding hydrogens is 330 g/mol. The van der Waals surface area contributed by atoms with Crippen molar-refractivity contribution in [2.45, 2.75) is 25.8 Å². The molecule has 0 N–H and O–H groups in total. The first-order chi connectivity index (χ1) is 9.89. The van der Waals surface area contributed by atoms with Crippen molar-refractivity contribution in [2.24, 2.45) is 0 Å². The molecule has 0 aliphatic carbocycles. The van der Waals surface area contributed by atoms with Crippen molar-refractivity contribution in [3.05, 3.63) is 16.2 Å². The number of hydrogen-bond donors (Lipinski definition) is 0. The van der Waals surface area contributed by atoms with Gasteiger partial charge in [-0.2, -0.15) is 4.98 Å². The zero-order chi connectivity index (χ0) is 15.2. The molecule has 1 saturated heterocycles. The average molecular weight is 346 g/mol. The summed E-state index contributed by atoms with van der Waals surface area (Å²) in [6.07, 6.45) is 1.56. The Labute approximate surface area is 132 Å². The molecule has 2 aromatic rings. The summed E-state index contributed by atoms with van der Waals surface area (Å²) in [7, 11) is -1.04. The molecule has 0 bridgehead atoms. The van der Waals surface area contributed by atoms with E-state index in [1.54, 1.807) is 11.3 Å². The number of nitrogens with zero attached hydrogens (tertiary/aromatic N) is 3. The van der Waals surface area contributed by atoms with Crippen LogP contribution < -0.4 is 4.90 Å². The van der Waals surface area contributed by atoms with Gasteiger partial charge in [0.05, 0.1) is 16.9 Å². The molecule has 0 saturated carbocycles. The number of fused-ring (bicyclic) bond motifs is 1. The van der Waals surface area contributed by atoms with Gasteiger partial charge in [0.1, 0.15) is 10.6 Å². The SMILES string of the molecule is CCc1cc2c(N(C)C3CCS(=O)(=O)C3)nc(Cl)nc2s1.